The Balaban J connectivity index is 1.94. The van der Waals surface area contributed by atoms with Crippen molar-refractivity contribution in [3.8, 4) is 0 Å². The van der Waals surface area contributed by atoms with Crippen LogP contribution >= 0.6 is 0 Å². The third kappa shape index (κ3) is 5.64. The predicted molar refractivity (Wildman–Crippen MR) is 92.6 cm³/mol. The van der Waals surface area contributed by atoms with Crippen molar-refractivity contribution < 1.29 is 8.78 Å². The second-order valence-electron chi connectivity index (χ2n) is 5.22. The number of halogens is 2. The first-order valence-corrected chi connectivity index (χ1v) is 7.31. The van der Waals surface area contributed by atoms with Crippen molar-refractivity contribution in [1.82, 2.24) is 10.9 Å². The van der Waals surface area contributed by atoms with Crippen molar-refractivity contribution >= 4 is 12.4 Å². The quantitative estimate of drug-likeness (QED) is 0.626. The average molecular weight is 328 g/mol. The number of nitrogens with zero attached hydrogens (tertiary/aromatic N) is 2. The second kappa shape index (κ2) is 8.57. The summed E-state index contributed by atoms with van der Waals surface area (Å²) in [5, 5.41) is 8.18. The SMILES string of the molecule is CC(C)=C(N/N=C/c1ccc(F)cc1)N/N=C/c1ccc(F)cc1. The number of nitrogens with one attached hydrogen (secondary N) is 2. The highest BCUT2D eigenvalue weighted by Crippen LogP contribution is 2.01. The molecule has 0 heterocycles. The summed E-state index contributed by atoms with van der Waals surface area (Å²) in [6.07, 6.45) is 3.15. The van der Waals surface area contributed by atoms with Gasteiger partial charge < -0.3 is 0 Å². The van der Waals surface area contributed by atoms with Crippen molar-refractivity contribution in [2.75, 3.05) is 0 Å². The summed E-state index contributed by atoms with van der Waals surface area (Å²) in [7, 11) is 0. The van der Waals surface area contributed by atoms with Crippen LogP contribution in [0.2, 0.25) is 0 Å². The lowest BCUT2D eigenvalue weighted by atomic mass is 10.2. The smallest absolute Gasteiger partial charge is 0.138 e. The Bertz CT molecular complexity index is 684. The summed E-state index contributed by atoms with van der Waals surface area (Å²) < 4.78 is 25.7. The third-order valence-corrected chi connectivity index (χ3v) is 3.02. The van der Waals surface area contributed by atoms with E-state index in [9.17, 15) is 8.78 Å². The van der Waals surface area contributed by atoms with Crippen molar-refractivity contribution in [1.29, 1.82) is 0 Å². The van der Waals surface area contributed by atoms with Crippen LogP contribution in [-0.4, -0.2) is 12.4 Å². The molecule has 0 amide bonds. The van der Waals surface area contributed by atoms with Gasteiger partial charge in [0.2, 0.25) is 0 Å². The van der Waals surface area contributed by atoms with E-state index in [1.807, 2.05) is 13.8 Å². The van der Waals surface area contributed by atoms with E-state index in [2.05, 4.69) is 21.1 Å². The van der Waals surface area contributed by atoms with Gasteiger partial charge in [-0.2, -0.15) is 10.2 Å². The van der Waals surface area contributed by atoms with Crippen LogP contribution in [0.4, 0.5) is 8.78 Å². The van der Waals surface area contributed by atoms with Gasteiger partial charge in [-0.15, -0.1) is 0 Å². The first kappa shape index (κ1) is 17.3. The molecule has 4 nitrogen and oxygen atoms in total. The molecular formula is C18H18F2N4. The van der Waals surface area contributed by atoms with Crippen molar-refractivity contribution in [2.24, 2.45) is 10.2 Å². The highest BCUT2D eigenvalue weighted by atomic mass is 19.1. The first-order chi connectivity index (χ1) is 11.5. The number of benzene rings is 2. The van der Waals surface area contributed by atoms with Crippen LogP contribution in [0.5, 0.6) is 0 Å². The van der Waals surface area contributed by atoms with E-state index in [4.69, 9.17) is 0 Å². The van der Waals surface area contributed by atoms with Gasteiger partial charge in [-0.05, 0) is 54.8 Å². The molecule has 2 aromatic rings. The van der Waals surface area contributed by atoms with Crippen LogP contribution in [0.3, 0.4) is 0 Å². The molecule has 2 N–H and O–H groups in total. The first-order valence-electron chi connectivity index (χ1n) is 7.31. The molecule has 2 rings (SSSR count). The zero-order valence-corrected chi connectivity index (χ0v) is 13.4. The molecule has 0 radical (unpaired) electrons. The average Bonchev–Trinajstić information content (AvgIpc) is 2.56. The Morgan fingerprint density at radius 2 is 1.12 bits per heavy atom. The fourth-order valence-corrected chi connectivity index (χ4v) is 1.69. The number of hydrogen-bond acceptors (Lipinski definition) is 4. The van der Waals surface area contributed by atoms with E-state index in [0.717, 1.165) is 16.7 Å². The molecular weight excluding hydrogens is 310 g/mol. The van der Waals surface area contributed by atoms with Crippen LogP contribution in [0, 0.1) is 11.6 Å². The normalized spacial score (nSPS) is 11.0. The van der Waals surface area contributed by atoms with Crippen molar-refractivity contribution in [3.05, 3.63) is 82.7 Å². The predicted octanol–water partition coefficient (Wildman–Crippen LogP) is 3.76. The minimum absolute atomic E-state index is 0.290. The fourth-order valence-electron chi connectivity index (χ4n) is 1.69. The Morgan fingerprint density at radius 1 is 0.750 bits per heavy atom. The van der Waals surface area contributed by atoms with Gasteiger partial charge in [0.25, 0.3) is 0 Å². The lowest BCUT2D eigenvalue weighted by Gasteiger charge is -2.07. The maximum Gasteiger partial charge on any atom is 0.138 e. The van der Waals surface area contributed by atoms with Gasteiger partial charge in [0.05, 0.1) is 12.4 Å². The molecule has 0 bridgehead atoms. The molecule has 0 aromatic heterocycles. The number of rotatable bonds is 6. The van der Waals surface area contributed by atoms with Gasteiger partial charge in [-0.1, -0.05) is 24.3 Å². The summed E-state index contributed by atoms with van der Waals surface area (Å²) in [6.45, 7) is 3.80. The monoisotopic (exact) mass is 328 g/mol. The van der Waals surface area contributed by atoms with Crippen LogP contribution in [-0.2, 0) is 0 Å². The van der Waals surface area contributed by atoms with Crippen LogP contribution in [0.25, 0.3) is 0 Å². The summed E-state index contributed by atoms with van der Waals surface area (Å²) >= 11 is 0. The zero-order chi connectivity index (χ0) is 17.4. The fraction of sp³-hybridized carbons (Fsp3) is 0.111. The highest BCUT2D eigenvalue weighted by Gasteiger charge is 1.96. The largest absolute Gasteiger partial charge is 0.262 e. The van der Waals surface area contributed by atoms with Crippen LogP contribution < -0.4 is 10.9 Å². The van der Waals surface area contributed by atoms with E-state index in [1.165, 1.54) is 24.3 Å². The Hall–Kier alpha value is -3.02. The molecule has 0 spiro atoms. The molecule has 0 aliphatic rings. The molecule has 0 atom stereocenters. The Morgan fingerprint density at radius 3 is 1.46 bits per heavy atom. The molecule has 0 saturated carbocycles. The molecule has 0 unspecified atom stereocenters. The van der Waals surface area contributed by atoms with E-state index in [0.29, 0.717) is 5.82 Å². The van der Waals surface area contributed by atoms with Gasteiger partial charge in [-0.3, -0.25) is 10.9 Å². The van der Waals surface area contributed by atoms with E-state index < -0.39 is 0 Å². The minimum Gasteiger partial charge on any atom is -0.262 e. The van der Waals surface area contributed by atoms with Crippen LogP contribution in [0.1, 0.15) is 25.0 Å². The lowest BCUT2D eigenvalue weighted by molar-refractivity contribution is 0.627. The van der Waals surface area contributed by atoms with Gasteiger partial charge in [0.15, 0.2) is 0 Å². The molecule has 24 heavy (non-hydrogen) atoms. The van der Waals surface area contributed by atoms with Crippen molar-refractivity contribution in [3.63, 3.8) is 0 Å². The number of allylic oxidation sites excluding steroid dienone is 1. The summed E-state index contributed by atoms with van der Waals surface area (Å²) in [5.74, 6) is 0.0375. The van der Waals surface area contributed by atoms with E-state index in [-0.39, 0.29) is 11.6 Å². The van der Waals surface area contributed by atoms with Crippen molar-refractivity contribution in [2.45, 2.75) is 13.8 Å². The van der Waals surface area contributed by atoms with Gasteiger partial charge in [-0.25, -0.2) is 8.78 Å². The number of hydrogen-bond donors (Lipinski definition) is 2. The summed E-state index contributed by atoms with van der Waals surface area (Å²) in [5.41, 5.74) is 8.18. The van der Waals surface area contributed by atoms with Gasteiger partial charge >= 0.3 is 0 Å². The lowest BCUT2D eigenvalue weighted by Crippen LogP contribution is -2.20. The maximum atomic E-state index is 12.8. The van der Waals surface area contributed by atoms with Gasteiger partial charge in [0, 0.05) is 0 Å². The second-order valence-corrected chi connectivity index (χ2v) is 5.22. The molecule has 0 aliphatic carbocycles. The summed E-state index contributed by atoms with van der Waals surface area (Å²) in [6, 6.07) is 12.0. The zero-order valence-electron chi connectivity index (χ0n) is 13.4. The molecule has 2 aromatic carbocycles. The van der Waals surface area contributed by atoms with Gasteiger partial charge in [0.1, 0.15) is 17.5 Å². The molecule has 0 saturated heterocycles. The standard InChI is InChI=1S/C18H18F2N4/c1-13(2)18(23-21-11-14-3-7-16(19)8-4-14)24-22-12-15-5-9-17(20)10-6-15/h3-12,23-24H,1-2H3/b21-11+,22-12+. The molecule has 6 heteroatoms. The molecule has 124 valence electrons. The Labute approximate surface area is 139 Å². The maximum absolute atomic E-state index is 12.8. The topological polar surface area (TPSA) is 48.8 Å². The molecule has 0 fully saturated rings. The van der Waals surface area contributed by atoms with Crippen LogP contribution in [0.15, 0.2) is 70.1 Å². The Kier molecular flexibility index (Phi) is 6.19. The highest BCUT2D eigenvalue weighted by molar-refractivity contribution is 5.79. The van der Waals surface area contributed by atoms with E-state index >= 15 is 0 Å². The summed E-state index contributed by atoms with van der Waals surface area (Å²) in [4.78, 5) is 0. The number of hydrazone groups is 2. The third-order valence-electron chi connectivity index (χ3n) is 3.02. The molecule has 0 aliphatic heterocycles. The minimum atomic E-state index is -0.290. The van der Waals surface area contributed by atoms with E-state index in [1.54, 1.807) is 36.7 Å².